The molecular weight excluding hydrogens is 215 g/mol. The topological polar surface area (TPSA) is 29.3 Å². The van der Waals surface area contributed by atoms with Gasteiger partial charge in [-0.2, -0.15) is 0 Å². The molecule has 0 bridgehead atoms. The zero-order valence-electron chi connectivity index (χ0n) is 10.5. The molecule has 0 spiro atoms. The standard InChI is InChI=1S/C14H21FN2/c1-2-11-4-3-7-17(9-11)10-12-8-13(15)5-6-14(12)16/h5-6,8,11H,2-4,7,9-10,16H2,1H3. The van der Waals surface area contributed by atoms with Gasteiger partial charge in [-0.15, -0.1) is 0 Å². The van der Waals surface area contributed by atoms with Crippen LogP contribution in [0.15, 0.2) is 18.2 Å². The number of piperidine rings is 1. The number of anilines is 1. The number of nitrogens with zero attached hydrogens (tertiary/aromatic N) is 1. The van der Waals surface area contributed by atoms with Gasteiger partial charge in [0.1, 0.15) is 5.82 Å². The molecule has 0 saturated carbocycles. The molecule has 1 atom stereocenters. The van der Waals surface area contributed by atoms with Gasteiger partial charge in [-0.25, -0.2) is 4.39 Å². The van der Waals surface area contributed by atoms with Crippen LogP contribution in [0.4, 0.5) is 10.1 Å². The molecular formula is C14H21FN2. The normalized spacial score (nSPS) is 21.6. The van der Waals surface area contributed by atoms with Crippen molar-refractivity contribution < 1.29 is 4.39 Å². The summed E-state index contributed by atoms with van der Waals surface area (Å²) in [5.41, 5.74) is 7.50. The Labute approximate surface area is 103 Å². The molecule has 0 radical (unpaired) electrons. The first-order valence-corrected chi connectivity index (χ1v) is 6.45. The summed E-state index contributed by atoms with van der Waals surface area (Å²) in [5.74, 6) is 0.594. The van der Waals surface area contributed by atoms with Crippen LogP contribution < -0.4 is 5.73 Å². The summed E-state index contributed by atoms with van der Waals surface area (Å²) in [5, 5.41) is 0. The molecule has 2 N–H and O–H groups in total. The second kappa shape index (κ2) is 5.50. The van der Waals surface area contributed by atoms with Gasteiger partial charge in [0, 0.05) is 18.8 Å². The Kier molecular flexibility index (Phi) is 4.00. The van der Waals surface area contributed by atoms with E-state index in [1.54, 1.807) is 12.1 Å². The molecule has 94 valence electrons. The van der Waals surface area contributed by atoms with Crippen LogP contribution in [0, 0.1) is 11.7 Å². The third kappa shape index (κ3) is 3.19. The highest BCUT2D eigenvalue weighted by Gasteiger charge is 2.19. The molecule has 0 amide bonds. The average Bonchev–Trinajstić information content (AvgIpc) is 2.34. The molecule has 1 aromatic carbocycles. The number of benzene rings is 1. The van der Waals surface area contributed by atoms with Gasteiger partial charge in [-0.05, 0) is 49.1 Å². The van der Waals surface area contributed by atoms with Gasteiger partial charge in [0.2, 0.25) is 0 Å². The van der Waals surface area contributed by atoms with E-state index in [4.69, 9.17) is 5.73 Å². The minimum atomic E-state index is -0.196. The van der Waals surface area contributed by atoms with Crippen LogP contribution in [0.3, 0.4) is 0 Å². The van der Waals surface area contributed by atoms with Crippen LogP contribution in [0.1, 0.15) is 31.7 Å². The Morgan fingerprint density at radius 3 is 3.06 bits per heavy atom. The van der Waals surface area contributed by atoms with Crippen molar-refractivity contribution in [1.29, 1.82) is 0 Å². The second-order valence-electron chi connectivity index (χ2n) is 4.99. The van der Waals surface area contributed by atoms with Crippen molar-refractivity contribution >= 4 is 5.69 Å². The first-order valence-electron chi connectivity index (χ1n) is 6.45. The summed E-state index contributed by atoms with van der Waals surface area (Å²) in [6.07, 6.45) is 3.80. The van der Waals surface area contributed by atoms with Crippen LogP contribution in [0.5, 0.6) is 0 Å². The molecule has 1 aliphatic rings. The lowest BCUT2D eigenvalue weighted by Gasteiger charge is -2.32. The van der Waals surface area contributed by atoms with Crippen LogP contribution in [-0.2, 0) is 6.54 Å². The molecule has 2 rings (SSSR count). The Morgan fingerprint density at radius 1 is 1.47 bits per heavy atom. The zero-order chi connectivity index (χ0) is 12.3. The largest absolute Gasteiger partial charge is 0.398 e. The minimum absolute atomic E-state index is 0.196. The third-order valence-corrected chi connectivity index (χ3v) is 3.68. The van der Waals surface area contributed by atoms with Crippen LogP contribution >= 0.6 is 0 Å². The predicted molar refractivity (Wildman–Crippen MR) is 69.1 cm³/mol. The molecule has 1 fully saturated rings. The summed E-state index contributed by atoms with van der Waals surface area (Å²) in [6.45, 7) is 5.24. The first kappa shape index (κ1) is 12.4. The molecule has 1 heterocycles. The Bertz CT molecular complexity index is 378. The fourth-order valence-electron chi connectivity index (χ4n) is 2.58. The quantitative estimate of drug-likeness (QED) is 0.817. The maximum Gasteiger partial charge on any atom is 0.123 e. The van der Waals surface area contributed by atoms with Crippen molar-refractivity contribution in [2.24, 2.45) is 5.92 Å². The van der Waals surface area contributed by atoms with Gasteiger partial charge in [-0.1, -0.05) is 13.3 Å². The van der Waals surface area contributed by atoms with Gasteiger partial charge in [0.25, 0.3) is 0 Å². The van der Waals surface area contributed by atoms with Gasteiger partial charge in [-0.3, -0.25) is 4.90 Å². The highest BCUT2D eigenvalue weighted by molar-refractivity contribution is 5.46. The van der Waals surface area contributed by atoms with Crippen LogP contribution in [-0.4, -0.2) is 18.0 Å². The summed E-state index contributed by atoms with van der Waals surface area (Å²) < 4.78 is 13.2. The van der Waals surface area contributed by atoms with E-state index in [2.05, 4.69) is 11.8 Å². The average molecular weight is 236 g/mol. The van der Waals surface area contributed by atoms with Crippen LogP contribution in [0.25, 0.3) is 0 Å². The second-order valence-corrected chi connectivity index (χ2v) is 4.99. The summed E-state index contributed by atoms with van der Waals surface area (Å²) in [4.78, 5) is 2.39. The molecule has 0 aliphatic carbocycles. The van der Waals surface area contributed by atoms with Crippen molar-refractivity contribution in [2.75, 3.05) is 18.8 Å². The zero-order valence-corrected chi connectivity index (χ0v) is 10.5. The third-order valence-electron chi connectivity index (χ3n) is 3.68. The summed E-state index contributed by atoms with van der Waals surface area (Å²) in [7, 11) is 0. The first-order chi connectivity index (χ1) is 8.19. The summed E-state index contributed by atoms with van der Waals surface area (Å²) >= 11 is 0. The fourth-order valence-corrected chi connectivity index (χ4v) is 2.58. The van der Waals surface area contributed by atoms with Gasteiger partial charge in [0.15, 0.2) is 0 Å². The summed E-state index contributed by atoms with van der Waals surface area (Å²) in [6, 6.07) is 4.64. The highest BCUT2D eigenvalue weighted by atomic mass is 19.1. The lowest BCUT2D eigenvalue weighted by molar-refractivity contribution is 0.165. The van der Waals surface area contributed by atoms with Crippen molar-refractivity contribution in [3.63, 3.8) is 0 Å². The molecule has 1 aromatic rings. The van der Waals surface area contributed by atoms with Gasteiger partial charge in [0.05, 0.1) is 0 Å². The van der Waals surface area contributed by atoms with Crippen molar-refractivity contribution in [3.8, 4) is 0 Å². The number of hydrogen-bond donors (Lipinski definition) is 1. The SMILES string of the molecule is CCC1CCCN(Cc2cc(F)ccc2N)C1. The maximum absolute atomic E-state index is 13.2. The molecule has 0 aromatic heterocycles. The van der Waals surface area contributed by atoms with E-state index in [1.807, 2.05) is 0 Å². The van der Waals surface area contributed by atoms with E-state index in [0.29, 0.717) is 5.69 Å². The molecule has 1 unspecified atom stereocenters. The molecule has 2 nitrogen and oxygen atoms in total. The molecule has 1 saturated heterocycles. The number of likely N-dealkylation sites (tertiary alicyclic amines) is 1. The van der Waals surface area contributed by atoms with E-state index in [0.717, 1.165) is 31.1 Å². The lowest BCUT2D eigenvalue weighted by Crippen LogP contribution is -2.34. The van der Waals surface area contributed by atoms with Gasteiger partial charge < -0.3 is 5.73 Å². The van der Waals surface area contributed by atoms with E-state index in [1.165, 1.54) is 25.3 Å². The Morgan fingerprint density at radius 2 is 2.29 bits per heavy atom. The van der Waals surface area contributed by atoms with E-state index in [-0.39, 0.29) is 5.82 Å². The van der Waals surface area contributed by atoms with E-state index < -0.39 is 0 Å². The van der Waals surface area contributed by atoms with Crippen molar-refractivity contribution in [3.05, 3.63) is 29.6 Å². The molecule has 1 aliphatic heterocycles. The minimum Gasteiger partial charge on any atom is -0.398 e. The number of hydrogen-bond acceptors (Lipinski definition) is 2. The van der Waals surface area contributed by atoms with Crippen molar-refractivity contribution in [1.82, 2.24) is 4.90 Å². The molecule has 17 heavy (non-hydrogen) atoms. The van der Waals surface area contributed by atoms with E-state index >= 15 is 0 Å². The highest BCUT2D eigenvalue weighted by Crippen LogP contribution is 2.22. The van der Waals surface area contributed by atoms with E-state index in [9.17, 15) is 4.39 Å². The van der Waals surface area contributed by atoms with Crippen LogP contribution in [0.2, 0.25) is 0 Å². The number of nitrogens with two attached hydrogens (primary N) is 1. The number of rotatable bonds is 3. The smallest absolute Gasteiger partial charge is 0.123 e. The molecule has 3 heteroatoms. The fraction of sp³-hybridized carbons (Fsp3) is 0.571. The Hall–Kier alpha value is -1.09. The maximum atomic E-state index is 13.2. The van der Waals surface area contributed by atoms with Crippen molar-refractivity contribution in [2.45, 2.75) is 32.7 Å². The Balaban J connectivity index is 2.02. The number of nitrogen functional groups attached to an aromatic ring is 1. The van der Waals surface area contributed by atoms with Gasteiger partial charge >= 0.3 is 0 Å². The lowest BCUT2D eigenvalue weighted by atomic mass is 9.95. The predicted octanol–water partition coefficient (Wildman–Crippen LogP) is 3.03. The number of halogens is 1. The monoisotopic (exact) mass is 236 g/mol.